The number of nitrogens with one attached hydrogen (secondary N) is 1. The van der Waals surface area contributed by atoms with E-state index < -0.39 is 56.9 Å². The molecule has 2 amide bonds. The first-order valence-corrected chi connectivity index (χ1v) is 15.1. The van der Waals surface area contributed by atoms with Crippen molar-refractivity contribution in [1.82, 2.24) is 10.2 Å². The predicted molar refractivity (Wildman–Crippen MR) is 157 cm³/mol. The van der Waals surface area contributed by atoms with E-state index >= 15 is 0 Å². The van der Waals surface area contributed by atoms with Crippen molar-refractivity contribution in [3.8, 4) is 0 Å². The summed E-state index contributed by atoms with van der Waals surface area (Å²) in [4.78, 5) is 27.8. The topological polar surface area (TPSA) is 86.8 Å². The van der Waals surface area contributed by atoms with Crippen molar-refractivity contribution in [3.63, 3.8) is 0 Å². The van der Waals surface area contributed by atoms with E-state index in [0.29, 0.717) is 27.5 Å². The Labute approximate surface area is 253 Å². The lowest BCUT2D eigenvalue weighted by molar-refractivity contribution is -0.139. The fraction of sp³-hybridized carbons (Fsp3) is 0.310. The minimum atomic E-state index is -4.89. The second-order valence-electron chi connectivity index (χ2n) is 9.95. The number of carbonyl (C=O) groups is 2. The van der Waals surface area contributed by atoms with Crippen molar-refractivity contribution in [2.75, 3.05) is 17.4 Å². The third kappa shape index (κ3) is 8.39. The van der Waals surface area contributed by atoms with Gasteiger partial charge in [-0.1, -0.05) is 67.4 Å². The zero-order valence-corrected chi connectivity index (χ0v) is 25.4. The molecule has 13 heteroatoms. The van der Waals surface area contributed by atoms with Gasteiger partial charge in [-0.2, -0.15) is 13.2 Å². The minimum Gasteiger partial charge on any atom is -0.354 e. The Balaban J connectivity index is 2.09. The van der Waals surface area contributed by atoms with Gasteiger partial charge in [0.1, 0.15) is 12.6 Å². The molecule has 226 valence electrons. The van der Waals surface area contributed by atoms with Crippen LogP contribution >= 0.6 is 23.2 Å². The van der Waals surface area contributed by atoms with Crippen LogP contribution in [0, 0.1) is 5.92 Å². The number of sulfonamides is 1. The molecule has 3 aromatic carbocycles. The number of benzene rings is 3. The third-order valence-corrected chi connectivity index (χ3v) is 8.60. The highest BCUT2D eigenvalue weighted by atomic mass is 35.5. The molecule has 0 heterocycles. The molecule has 1 atom stereocenters. The number of nitrogens with zero attached hydrogens (tertiary/aromatic N) is 2. The van der Waals surface area contributed by atoms with E-state index in [4.69, 9.17) is 23.2 Å². The molecule has 0 aromatic heterocycles. The Morgan fingerprint density at radius 3 is 2.19 bits per heavy atom. The molecule has 0 saturated heterocycles. The average molecular weight is 645 g/mol. The van der Waals surface area contributed by atoms with Gasteiger partial charge in [-0.25, -0.2) is 8.42 Å². The van der Waals surface area contributed by atoms with E-state index in [1.807, 2.05) is 13.8 Å². The molecule has 1 N–H and O–H groups in total. The lowest BCUT2D eigenvalue weighted by Crippen LogP contribution is -2.51. The molecule has 0 aliphatic carbocycles. The molecule has 0 spiro atoms. The Morgan fingerprint density at radius 1 is 0.929 bits per heavy atom. The van der Waals surface area contributed by atoms with Crippen molar-refractivity contribution in [2.45, 2.75) is 44.4 Å². The quantitative estimate of drug-likeness (QED) is 0.262. The van der Waals surface area contributed by atoms with Gasteiger partial charge in [0.15, 0.2) is 0 Å². The second-order valence-corrected chi connectivity index (χ2v) is 12.7. The molecule has 0 bridgehead atoms. The van der Waals surface area contributed by atoms with Gasteiger partial charge < -0.3 is 10.2 Å². The molecule has 1 unspecified atom stereocenters. The van der Waals surface area contributed by atoms with E-state index in [1.54, 1.807) is 30.3 Å². The summed E-state index contributed by atoms with van der Waals surface area (Å²) in [5.74, 6) is -1.19. The van der Waals surface area contributed by atoms with E-state index in [0.717, 1.165) is 17.0 Å². The third-order valence-electron chi connectivity index (χ3n) is 6.25. The fourth-order valence-electron chi connectivity index (χ4n) is 4.00. The van der Waals surface area contributed by atoms with Crippen LogP contribution in [0.4, 0.5) is 18.9 Å². The Kier molecular flexibility index (Phi) is 10.9. The Hall–Kier alpha value is -3.28. The standard InChI is InChI=1S/C29H30Cl2F3N3O4S/c1-19(2)16-35-28(39)20(3)36(17-21-8-7-9-22(30)14-21)27(38)18-37(42(40,41)24-10-5-4-6-11-24)23-12-13-26(31)25(15-23)29(32,33)34/h4-15,19-20H,16-18H2,1-3H3,(H,35,39). The SMILES string of the molecule is CC(C)CNC(=O)C(C)N(Cc1cccc(Cl)c1)C(=O)CN(c1ccc(Cl)c(C(F)(F)F)c1)S(=O)(=O)c1ccccc1. The number of hydrogen-bond donors (Lipinski definition) is 1. The van der Waals surface area contributed by atoms with Crippen LogP contribution in [0.15, 0.2) is 77.7 Å². The maximum absolute atomic E-state index is 13.9. The smallest absolute Gasteiger partial charge is 0.354 e. The average Bonchev–Trinajstić information content (AvgIpc) is 2.93. The number of rotatable bonds is 11. The molecule has 0 aliphatic heterocycles. The minimum absolute atomic E-state index is 0.122. The molecular weight excluding hydrogens is 614 g/mol. The van der Waals surface area contributed by atoms with Crippen LogP contribution in [0.2, 0.25) is 10.0 Å². The highest BCUT2D eigenvalue weighted by Crippen LogP contribution is 2.38. The van der Waals surface area contributed by atoms with Crippen LogP contribution in [-0.4, -0.2) is 44.3 Å². The van der Waals surface area contributed by atoms with Crippen molar-refractivity contribution in [2.24, 2.45) is 5.92 Å². The van der Waals surface area contributed by atoms with Crippen LogP contribution in [0.3, 0.4) is 0 Å². The van der Waals surface area contributed by atoms with Crippen LogP contribution in [0.5, 0.6) is 0 Å². The molecule has 0 fully saturated rings. The van der Waals surface area contributed by atoms with Crippen LogP contribution < -0.4 is 9.62 Å². The first-order chi connectivity index (χ1) is 19.6. The zero-order valence-electron chi connectivity index (χ0n) is 23.0. The van der Waals surface area contributed by atoms with Gasteiger partial charge in [0.25, 0.3) is 10.0 Å². The van der Waals surface area contributed by atoms with Gasteiger partial charge in [-0.15, -0.1) is 0 Å². The highest BCUT2D eigenvalue weighted by molar-refractivity contribution is 7.92. The van der Waals surface area contributed by atoms with E-state index in [9.17, 15) is 31.2 Å². The normalized spacial score (nSPS) is 12.6. The summed E-state index contributed by atoms with van der Waals surface area (Å²) < 4.78 is 69.3. The van der Waals surface area contributed by atoms with Gasteiger partial charge in [0, 0.05) is 18.1 Å². The molecule has 0 saturated carbocycles. The number of amides is 2. The molecule has 3 aromatic rings. The summed E-state index contributed by atoms with van der Waals surface area (Å²) in [7, 11) is -4.55. The number of anilines is 1. The summed E-state index contributed by atoms with van der Waals surface area (Å²) in [5.41, 5.74) is -1.13. The molecule has 0 aliphatic rings. The Morgan fingerprint density at radius 2 is 1.60 bits per heavy atom. The van der Waals surface area contributed by atoms with Crippen molar-refractivity contribution < 1.29 is 31.2 Å². The number of hydrogen-bond acceptors (Lipinski definition) is 4. The maximum atomic E-state index is 13.9. The summed E-state index contributed by atoms with van der Waals surface area (Å²) in [6.07, 6.45) is -4.89. The van der Waals surface area contributed by atoms with Gasteiger partial charge in [0.05, 0.1) is 21.2 Å². The summed E-state index contributed by atoms with van der Waals surface area (Å²) in [6.45, 7) is 4.59. The molecule has 42 heavy (non-hydrogen) atoms. The maximum Gasteiger partial charge on any atom is 0.417 e. The first kappa shape index (κ1) is 33.2. The fourth-order valence-corrected chi connectivity index (χ4v) is 5.87. The van der Waals surface area contributed by atoms with Crippen LogP contribution in [-0.2, 0) is 32.3 Å². The largest absolute Gasteiger partial charge is 0.417 e. The van der Waals surface area contributed by atoms with E-state index in [2.05, 4.69) is 5.32 Å². The van der Waals surface area contributed by atoms with Crippen molar-refractivity contribution >= 4 is 50.7 Å². The van der Waals surface area contributed by atoms with Gasteiger partial charge in [-0.3, -0.25) is 13.9 Å². The lowest BCUT2D eigenvalue weighted by Gasteiger charge is -2.32. The number of halogens is 5. The molecule has 3 rings (SSSR count). The summed E-state index contributed by atoms with van der Waals surface area (Å²) >= 11 is 11.9. The number of alkyl halides is 3. The first-order valence-electron chi connectivity index (χ1n) is 12.9. The van der Waals surface area contributed by atoms with E-state index in [-0.39, 0.29) is 17.4 Å². The summed E-state index contributed by atoms with van der Waals surface area (Å²) in [5, 5.41) is 2.50. The molecule has 7 nitrogen and oxygen atoms in total. The van der Waals surface area contributed by atoms with Crippen molar-refractivity contribution in [3.05, 3.63) is 94.0 Å². The highest BCUT2D eigenvalue weighted by Gasteiger charge is 2.37. The summed E-state index contributed by atoms with van der Waals surface area (Å²) in [6, 6.07) is 15.1. The Bertz CT molecular complexity index is 1520. The zero-order chi connectivity index (χ0) is 31.2. The van der Waals surface area contributed by atoms with Crippen LogP contribution in [0.1, 0.15) is 31.9 Å². The van der Waals surface area contributed by atoms with Gasteiger partial charge >= 0.3 is 6.18 Å². The lowest BCUT2D eigenvalue weighted by atomic mass is 10.1. The van der Waals surface area contributed by atoms with E-state index in [1.165, 1.54) is 31.2 Å². The molecule has 0 radical (unpaired) electrons. The molecular formula is C29H30Cl2F3N3O4S. The second kappa shape index (κ2) is 13.8. The monoisotopic (exact) mass is 643 g/mol. The van der Waals surface area contributed by atoms with Gasteiger partial charge in [-0.05, 0) is 60.9 Å². The predicted octanol–water partition coefficient (Wildman–Crippen LogP) is 6.40. The van der Waals surface area contributed by atoms with Crippen molar-refractivity contribution in [1.29, 1.82) is 0 Å². The number of carbonyl (C=O) groups excluding carboxylic acids is 2. The van der Waals surface area contributed by atoms with Crippen LogP contribution in [0.25, 0.3) is 0 Å². The van der Waals surface area contributed by atoms with Gasteiger partial charge in [0.2, 0.25) is 11.8 Å².